The first-order valence-electron chi connectivity index (χ1n) is 10.8. The van der Waals surface area contributed by atoms with Crippen LogP contribution in [0.2, 0.25) is 0 Å². The van der Waals surface area contributed by atoms with Gasteiger partial charge in [0.2, 0.25) is 0 Å². The fourth-order valence-electron chi connectivity index (χ4n) is 4.02. The number of ether oxygens (including phenoxy) is 3. The molecule has 1 aliphatic rings. The van der Waals surface area contributed by atoms with Gasteiger partial charge in [-0.05, 0) is 42.8 Å². The van der Waals surface area contributed by atoms with Crippen molar-refractivity contribution < 1.29 is 14.2 Å². The van der Waals surface area contributed by atoms with Gasteiger partial charge in [-0.15, -0.1) is 11.3 Å². The summed E-state index contributed by atoms with van der Waals surface area (Å²) in [4.78, 5) is 13.8. The van der Waals surface area contributed by atoms with E-state index in [1.807, 2.05) is 19.1 Å². The van der Waals surface area contributed by atoms with Crippen LogP contribution in [0.1, 0.15) is 10.7 Å². The number of methoxy groups -OCH3 is 2. The zero-order chi connectivity index (χ0) is 22.9. The molecular weight excluding hydrogens is 436 g/mol. The molecule has 8 heteroatoms. The number of fused-ring (bicyclic) bond motifs is 2. The molecule has 5 rings (SSSR count). The van der Waals surface area contributed by atoms with Crippen LogP contribution in [0.3, 0.4) is 0 Å². The molecule has 170 valence electrons. The molecule has 0 saturated heterocycles. The Morgan fingerprint density at radius 1 is 1.06 bits per heavy atom. The highest BCUT2D eigenvalue weighted by Crippen LogP contribution is 2.38. The molecule has 1 N–H and O–H groups in total. The molecule has 0 spiro atoms. The summed E-state index contributed by atoms with van der Waals surface area (Å²) < 4.78 is 16.8. The van der Waals surface area contributed by atoms with Crippen LogP contribution < -0.4 is 24.4 Å². The van der Waals surface area contributed by atoms with Crippen LogP contribution >= 0.6 is 11.3 Å². The molecule has 0 bridgehead atoms. The Kier molecular flexibility index (Phi) is 5.68. The van der Waals surface area contributed by atoms with E-state index in [1.165, 1.54) is 15.3 Å². The van der Waals surface area contributed by atoms with Gasteiger partial charge < -0.3 is 24.4 Å². The Balaban J connectivity index is 1.39. The molecule has 0 saturated carbocycles. The highest BCUT2D eigenvalue weighted by molar-refractivity contribution is 7.15. The number of benzene rings is 2. The predicted molar refractivity (Wildman–Crippen MR) is 133 cm³/mol. The van der Waals surface area contributed by atoms with E-state index in [0.29, 0.717) is 23.9 Å². The maximum Gasteiger partial charge on any atom is 0.162 e. The van der Waals surface area contributed by atoms with Crippen LogP contribution in [0.25, 0.3) is 21.3 Å². The van der Waals surface area contributed by atoms with Crippen molar-refractivity contribution in [2.75, 3.05) is 44.6 Å². The third kappa shape index (κ3) is 4.14. The molecule has 0 atom stereocenters. The first kappa shape index (κ1) is 21.3. The first-order valence-corrected chi connectivity index (χ1v) is 11.6. The van der Waals surface area contributed by atoms with Crippen LogP contribution in [-0.4, -0.2) is 44.4 Å². The van der Waals surface area contributed by atoms with Gasteiger partial charge in [0.1, 0.15) is 24.0 Å². The van der Waals surface area contributed by atoms with E-state index in [1.54, 1.807) is 25.6 Å². The van der Waals surface area contributed by atoms with Crippen LogP contribution in [0.15, 0.2) is 42.5 Å². The van der Waals surface area contributed by atoms with Gasteiger partial charge in [0.25, 0.3) is 0 Å². The first-order chi connectivity index (χ1) is 16.1. The molecule has 4 aromatic rings. The topological polar surface area (TPSA) is 68.7 Å². The largest absolute Gasteiger partial charge is 0.493 e. The Bertz CT molecular complexity index is 1320. The Morgan fingerprint density at radius 3 is 2.70 bits per heavy atom. The van der Waals surface area contributed by atoms with E-state index in [4.69, 9.17) is 14.2 Å². The third-order valence-corrected chi connectivity index (χ3v) is 6.88. The molecule has 2 aromatic carbocycles. The molecule has 7 nitrogen and oxygen atoms in total. The minimum Gasteiger partial charge on any atom is -0.493 e. The summed E-state index contributed by atoms with van der Waals surface area (Å²) in [6.07, 6.45) is 0. The van der Waals surface area contributed by atoms with Gasteiger partial charge in [-0.25, -0.2) is 9.97 Å². The second-order valence-corrected chi connectivity index (χ2v) is 9.08. The van der Waals surface area contributed by atoms with E-state index in [-0.39, 0.29) is 0 Å². The van der Waals surface area contributed by atoms with E-state index in [2.05, 4.69) is 57.6 Å². The van der Waals surface area contributed by atoms with Crippen molar-refractivity contribution in [3.05, 3.63) is 53.2 Å². The smallest absolute Gasteiger partial charge is 0.162 e. The quantitative estimate of drug-likeness (QED) is 0.426. The normalized spacial score (nSPS) is 12.9. The van der Waals surface area contributed by atoms with Crippen molar-refractivity contribution in [2.24, 2.45) is 0 Å². The van der Waals surface area contributed by atoms with Crippen LogP contribution in [0.5, 0.6) is 17.2 Å². The lowest BCUT2D eigenvalue weighted by molar-refractivity contribution is 0.311. The summed E-state index contributed by atoms with van der Waals surface area (Å²) in [7, 11) is 5.35. The molecule has 1 aliphatic heterocycles. The van der Waals surface area contributed by atoms with Crippen LogP contribution in [0, 0.1) is 6.92 Å². The summed E-state index contributed by atoms with van der Waals surface area (Å²) in [5, 5.41) is 4.38. The van der Waals surface area contributed by atoms with E-state index < -0.39 is 0 Å². The molecule has 3 heterocycles. The highest BCUT2D eigenvalue weighted by Gasteiger charge is 2.16. The maximum atomic E-state index is 5.87. The minimum atomic E-state index is 0.650. The summed E-state index contributed by atoms with van der Waals surface area (Å²) in [6.45, 7) is 4.18. The number of hydrogen-bond acceptors (Lipinski definition) is 8. The SMILES string of the molecule is COc1cc2nc(C)nc(NCc3ccc(-c4ccc5c(c4)OCCN5C)s3)c2cc1OC. The number of likely N-dealkylation sites (N-methyl/N-ethyl adjacent to an activating group) is 1. The van der Waals surface area contributed by atoms with Crippen molar-refractivity contribution in [2.45, 2.75) is 13.5 Å². The van der Waals surface area contributed by atoms with Crippen molar-refractivity contribution in [3.63, 3.8) is 0 Å². The molecule has 0 unspecified atom stereocenters. The molecule has 0 aliphatic carbocycles. The number of nitrogens with zero attached hydrogens (tertiary/aromatic N) is 3. The molecular formula is C25H26N4O3S. The molecule has 0 amide bonds. The van der Waals surface area contributed by atoms with Crippen molar-refractivity contribution in [3.8, 4) is 27.7 Å². The Morgan fingerprint density at radius 2 is 1.88 bits per heavy atom. The molecule has 33 heavy (non-hydrogen) atoms. The predicted octanol–water partition coefficient (Wildman–Crippen LogP) is 5.12. The average Bonchev–Trinajstić information content (AvgIpc) is 3.30. The van der Waals surface area contributed by atoms with E-state index >= 15 is 0 Å². The lowest BCUT2D eigenvalue weighted by Gasteiger charge is -2.27. The minimum absolute atomic E-state index is 0.650. The fraction of sp³-hybridized carbons (Fsp3) is 0.280. The number of thiophene rings is 1. The molecule has 0 fully saturated rings. The maximum absolute atomic E-state index is 5.87. The van der Waals surface area contributed by atoms with Crippen molar-refractivity contribution in [1.82, 2.24) is 9.97 Å². The molecule has 0 radical (unpaired) electrons. The standard InChI is InChI=1S/C25H26N4O3S/c1-15-27-19-13-23(31-4)22(30-3)12-18(19)25(28-15)26-14-17-6-8-24(33-17)16-5-7-20-21(11-16)32-10-9-29(20)2/h5-8,11-13H,9-10,14H2,1-4H3,(H,26,27,28). The number of aryl methyl sites for hydroxylation is 1. The van der Waals surface area contributed by atoms with Gasteiger partial charge in [-0.2, -0.15) is 0 Å². The van der Waals surface area contributed by atoms with Gasteiger partial charge in [-0.1, -0.05) is 6.07 Å². The second-order valence-electron chi connectivity index (χ2n) is 7.92. The second kappa shape index (κ2) is 8.78. The Hall–Kier alpha value is -3.52. The average molecular weight is 463 g/mol. The summed E-state index contributed by atoms with van der Waals surface area (Å²) >= 11 is 1.76. The molecule has 2 aromatic heterocycles. The fourth-order valence-corrected chi connectivity index (χ4v) is 4.96. The van der Waals surface area contributed by atoms with Gasteiger partial charge >= 0.3 is 0 Å². The van der Waals surface area contributed by atoms with Crippen LogP contribution in [0.4, 0.5) is 11.5 Å². The van der Waals surface area contributed by atoms with Gasteiger partial charge in [0.05, 0.1) is 38.5 Å². The van der Waals surface area contributed by atoms with Crippen molar-refractivity contribution in [1.29, 1.82) is 0 Å². The van der Waals surface area contributed by atoms with Gasteiger partial charge in [0.15, 0.2) is 11.5 Å². The summed E-state index contributed by atoms with van der Waals surface area (Å²) in [6, 6.07) is 14.5. The van der Waals surface area contributed by atoms with Crippen molar-refractivity contribution >= 4 is 33.7 Å². The number of rotatable bonds is 6. The zero-order valence-corrected chi connectivity index (χ0v) is 20.0. The summed E-state index contributed by atoms with van der Waals surface area (Å²) in [5.74, 6) is 3.72. The monoisotopic (exact) mass is 462 g/mol. The highest BCUT2D eigenvalue weighted by atomic mass is 32.1. The summed E-state index contributed by atoms with van der Waals surface area (Å²) in [5.41, 5.74) is 3.12. The number of anilines is 2. The lowest BCUT2D eigenvalue weighted by Crippen LogP contribution is -2.28. The number of hydrogen-bond donors (Lipinski definition) is 1. The van der Waals surface area contributed by atoms with E-state index in [9.17, 15) is 0 Å². The zero-order valence-electron chi connectivity index (χ0n) is 19.1. The van der Waals surface area contributed by atoms with Gasteiger partial charge in [0, 0.05) is 28.3 Å². The van der Waals surface area contributed by atoms with Gasteiger partial charge in [-0.3, -0.25) is 0 Å². The Labute approximate surface area is 197 Å². The number of aromatic nitrogens is 2. The third-order valence-electron chi connectivity index (χ3n) is 5.74. The number of nitrogens with one attached hydrogen (secondary N) is 1. The lowest BCUT2D eigenvalue weighted by atomic mass is 10.1. The van der Waals surface area contributed by atoms with E-state index in [0.717, 1.165) is 41.3 Å². The van der Waals surface area contributed by atoms with Crippen LogP contribution in [-0.2, 0) is 6.54 Å².